The van der Waals surface area contributed by atoms with Crippen molar-refractivity contribution in [3.05, 3.63) is 229 Å². The van der Waals surface area contributed by atoms with Crippen LogP contribution in [0.2, 0.25) is 0 Å². The summed E-state index contributed by atoms with van der Waals surface area (Å²) in [5, 5.41) is 14.0. The Kier molecular flexibility index (Phi) is 21.8. The Morgan fingerprint density at radius 3 is 0.841 bits per heavy atom. The van der Waals surface area contributed by atoms with Gasteiger partial charge in [-0.2, -0.15) is 0 Å². The molecule has 644 valence electrons. The van der Waals surface area contributed by atoms with E-state index in [1.165, 1.54) is 24.2 Å². The highest BCUT2D eigenvalue weighted by Gasteiger charge is 2.51. The zero-order valence-electron chi connectivity index (χ0n) is 74.2. The molecule has 2 aliphatic heterocycles. The van der Waals surface area contributed by atoms with Gasteiger partial charge in [-0.25, -0.2) is 9.47 Å². The van der Waals surface area contributed by atoms with Crippen molar-refractivity contribution in [2.75, 3.05) is 4.90 Å². The number of anilines is 1. The minimum absolute atomic E-state index is 0.144. The van der Waals surface area contributed by atoms with E-state index in [1.54, 1.807) is 17.0 Å². The number of hydrogen-bond acceptors (Lipinski definition) is 10. The van der Waals surface area contributed by atoms with E-state index >= 15 is 38.4 Å². The second-order valence-corrected chi connectivity index (χ2v) is 38.5. The predicted octanol–water partition coefficient (Wildman–Crippen LogP) is 25.9. The molecule has 0 saturated heterocycles. The number of hydrogen-bond donors (Lipinski definition) is 0. The number of nitrogens with zero attached hydrogens (tertiary/aromatic N) is 5. The summed E-state index contributed by atoms with van der Waals surface area (Å²) < 4.78 is 4.32. The minimum atomic E-state index is -0.542. The number of amides is 4. The molecule has 3 aromatic heterocycles. The molecule has 16 aromatic rings. The van der Waals surface area contributed by atoms with Crippen LogP contribution >= 0.6 is 0 Å². The summed E-state index contributed by atoms with van der Waals surface area (Å²) in [4.78, 5) is 158. The van der Waals surface area contributed by atoms with Crippen LogP contribution in [0.1, 0.15) is 337 Å². The maximum absolute atomic E-state index is 16.3. The van der Waals surface area contributed by atoms with Crippen molar-refractivity contribution >= 4 is 159 Å². The average molecular weight is 1680 g/mol. The minimum Gasteiger partial charge on any atom is -0.271 e. The molecule has 5 aliphatic rings. The molecule has 13 aromatic carbocycles. The Labute approximate surface area is 733 Å². The molecule has 3 saturated carbocycles. The van der Waals surface area contributed by atoms with Crippen LogP contribution in [-0.2, 0) is 10.8 Å². The van der Waals surface area contributed by atoms with Crippen molar-refractivity contribution in [2.45, 2.75) is 302 Å². The van der Waals surface area contributed by atoms with E-state index in [-0.39, 0.29) is 62.7 Å². The Balaban J connectivity index is 0.628. The van der Waals surface area contributed by atoms with Crippen LogP contribution in [0.3, 0.4) is 0 Å². The van der Waals surface area contributed by atoms with Gasteiger partial charge in [0.1, 0.15) is 0 Å². The molecule has 0 unspecified atom stereocenters. The first-order valence-corrected chi connectivity index (χ1v) is 48.3. The van der Waals surface area contributed by atoms with Gasteiger partial charge in [0.05, 0.1) is 22.1 Å². The molecule has 3 aliphatic carbocycles. The second-order valence-electron chi connectivity index (χ2n) is 38.5. The number of carbonyl (C=O) groups excluding carboxylic acids is 4. The van der Waals surface area contributed by atoms with Gasteiger partial charge in [-0.15, -0.1) is 0 Å². The molecule has 0 N–H and O–H groups in total. The summed E-state index contributed by atoms with van der Waals surface area (Å²) >= 11 is 0. The fourth-order valence-corrected chi connectivity index (χ4v) is 24.7. The molecular weight excluding hydrogens is 1560 g/mol. The summed E-state index contributed by atoms with van der Waals surface area (Å²) in [5.74, 6) is -1.28. The summed E-state index contributed by atoms with van der Waals surface area (Å²) in [7, 11) is 0. The van der Waals surface area contributed by atoms with Crippen molar-refractivity contribution in [1.29, 1.82) is 0 Å². The number of carbonyl (C=O) groups is 4. The summed E-state index contributed by atoms with van der Waals surface area (Å²) in [6.45, 7) is 13.1. The monoisotopic (exact) mass is 1680 g/mol. The van der Waals surface area contributed by atoms with Gasteiger partial charge in [-0.1, -0.05) is 256 Å². The Bertz CT molecular complexity index is 7010. The average Bonchev–Trinajstić information content (AvgIpc) is 1.44. The largest absolute Gasteiger partial charge is 0.271 e. The predicted molar refractivity (Wildman–Crippen MR) is 517 cm³/mol. The van der Waals surface area contributed by atoms with Crippen molar-refractivity contribution in [3.8, 4) is 5.69 Å². The lowest BCUT2D eigenvalue weighted by Crippen LogP contribution is -2.47. The Morgan fingerprint density at radius 1 is 0.238 bits per heavy atom. The van der Waals surface area contributed by atoms with E-state index in [0.717, 1.165) is 254 Å². The Morgan fingerprint density at radius 2 is 0.508 bits per heavy atom. The number of aromatic nitrogens is 3. The smallest absolute Gasteiger partial charge is 0.266 e. The SMILES string of the molecule is CCCCCCC(CCCCCC)N1C(=O)c2ccc3c4ccc5c6c(ccc(c7ccc(c2c37)C1=O)c64)C(=O)N(c1ccc(C23CCC(c4ccc(-n6c(=O)c7c8cc9c(=O)n(C(CCCCCC)CCCCCC)c(=O)c%10ccc%11c%12ccc%13c(=O)n(C(CCCCCC)CCCCCC)c(=O)c%14cc(c7c6=O)c(c%12c%13%14)c8c%11c%109)cc4)(CC2)CC3)cc1)C5=O. The highest BCUT2D eigenvalue weighted by Crippen LogP contribution is 2.60. The number of fused-ring (bicyclic) bond motifs is 9. The molecule has 0 spiro atoms. The fourth-order valence-electron chi connectivity index (χ4n) is 24.7. The maximum Gasteiger partial charge on any atom is 0.266 e. The van der Waals surface area contributed by atoms with Gasteiger partial charge in [0.25, 0.3) is 57.0 Å². The van der Waals surface area contributed by atoms with Crippen LogP contribution in [-0.4, -0.2) is 48.3 Å². The van der Waals surface area contributed by atoms with Crippen molar-refractivity contribution < 1.29 is 19.2 Å². The van der Waals surface area contributed by atoms with E-state index in [2.05, 4.69) is 65.8 Å². The third kappa shape index (κ3) is 12.8. The van der Waals surface area contributed by atoms with E-state index in [4.69, 9.17) is 0 Å². The molecule has 15 nitrogen and oxygen atoms in total. The lowest BCUT2D eigenvalue weighted by Gasteiger charge is -2.54. The van der Waals surface area contributed by atoms with Gasteiger partial charge < -0.3 is 0 Å². The molecule has 15 heteroatoms. The van der Waals surface area contributed by atoms with Gasteiger partial charge >= 0.3 is 0 Å². The van der Waals surface area contributed by atoms with Crippen LogP contribution < -0.4 is 38.3 Å². The quantitative estimate of drug-likeness (QED) is 0.0157. The molecule has 5 heterocycles. The van der Waals surface area contributed by atoms with E-state index in [0.29, 0.717) is 135 Å². The lowest BCUT2D eigenvalue weighted by atomic mass is 9.50. The van der Waals surface area contributed by atoms with Gasteiger partial charge in [-0.05, 0) is 247 Å². The number of unbranched alkanes of at least 4 members (excludes halogenated alkanes) is 18. The zero-order chi connectivity index (χ0) is 86.9. The lowest BCUT2D eigenvalue weighted by molar-refractivity contribution is 0.0516. The van der Waals surface area contributed by atoms with Gasteiger partial charge in [0.15, 0.2) is 0 Å². The van der Waals surface area contributed by atoms with E-state index in [9.17, 15) is 9.59 Å². The summed E-state index contributed by atoms with van der Waals surface area (Å²) in [6.07, 6.45) is 34.1. The third-order valence-corrected chi connectivity index (χ3v) is 31.4. The fraction of sp³-hybridized carbons (Fsp3) is 0.423. The second kappa shape index (κ2) is 33.1. The van der Waals surface area contributed by atoms with Crippen LogP contribution in [0.25, 0.3) is 135 Å². The summed E-state index contributed by atoms with van der Waals surface area (Å²) in [5.41, 5.74) is 2.24. The van der Waals surface area contributed by atoms with Gasteiger partial charge in [0.2, 0.25) is 0 Å². The molecule has 126 heavy (non-hydrogen) atoms. The Hall–Kier alpha value is -11.3. The number of pyridine rings is 2. The van der Waals surface area contributed by atoms with Crippen LogP contribution in [0.15, 0.2) is 162 Å². The van der Waals surface area contributed by atoms with Crippen molar-refractivity contribution in [2.24, 2.45) is 0 Å². The van der Waals surface area contributed by atoms with Crippen molar-refractivity contribution in [1.82, 2.24) is 18.6 Å². The molecule has 21 rings (SSSR count). The van der Waals surface area contributed by atoms with Crippen LogP contribution in [0, 0.1) is 0 Å². The number of rotatable bonds is 37. The van der Waals surface area contributed by atoms with Crippen molar-refractivity contribution in [3.63, 3.8) is 0 Å². The molecule has 2 bridgehead atoms. The topological polar surface area (TPSA) is 192 Å². The third-order valence-electron chi connectivity index (χ3n) is 31.4. The van der Waals surface area contributed by atoms with Crippen LogP contribution in [0.4, 0.5) is 5.69 Å². The van der Waals surface area contributed by atoms with E-state index in [1.807, 2.05) is 97.1 Å². The molecule has 4 amide bonds. The standard InChI is InChI=1S/C111H115N5O10/c1-7-13-19-25-31-67(32-26-20-14-8-2)112-100(117)78-51-45-72-74-47-53-80-91-81(54-48-75(89(74)91)73-46-52-79(101(112)118)90(78)88(72)73)103(120)115(102(80)119)70-41-37-65(38-42-70)110-57-60-111(61-58-110,62-59-110)66-39-43-71(44-40-66)116-108(125)98-84-63-86-92-82(104(121)113(106(86)123)68(33-27-21-15-9-3)34-28-22-16-10-4)55-49-76-77-50-56-83-93-87(64-85(99(98)109(116)126)97(95(77)93)96(84)94(76)92)107(124)114(105(83)122)69(35-29-23-17-11-5)36-30-24-18-12-6/h37-56,63-64,67-69H,7-36,57-62H2,1-6H3. The van der Waals surface area contributed by atoms with Crippen LogP contribution in [0.5, 0.6) is 0 Å². The number of imide groups is 2. The first-order valence-electron chi connectivity index (χ1n) is 48.3. The molecular formula is C111H115N5O10. The maximum atomic E-state index is 16.3. The van der Waals surface area contributed by atoms with Gasteiger partial charge in [-0.3, -0.25) is 62.0 Å². The van der Waals surface area contributed by atoms with E-state index < -0.39 is 34.1 Å². The highest BCUT2D eigenvalue weighted by molar-refractivity contribution is 6.49. The number of benzene rings is 13. The molecule has 3 fully saturated rings. The highest BCUT2D eigenvalue weighted by atomic mass is 16.2. The molecule has 0 atom stereocenters. The first kappa shape index (κ1) is 82.9. The first-order chi connectivity index (χ1) is 61.5. The molecule has 0 radical (unpaired) electrons. The normalized spacial score (nSPS) is 17.0. The van der Waals surface area contributed by atoms with Gasteiger partial charge in [0, 0.05) is 83.5 Å². The summed E-state index contributed by atoms with van der Waals surface area (Å²) in [6, 6.07) is 41.8. The zero-order valence-corrected chi connectivity index (χ0v) is 74.2.